The smallest absolute Gasteiger partial charge is 0.250 e. The molecule has 0 bridgehead atoms. The van der Waals surface area contributed by atoms with Crippen LogP contribution in [0.5, 0.6) is 28.7 Å². The molecule has 6 nitrogen and oxygen atoms in total. The average molecular weight is 590 g/mol. The summed E-state index contributed by atoms with van der Waals surface area (Å²) < 4.78 is 36.4. The highest BCUT2D eigenvalue weighted by Crippen LogP contribution is 2.50. The molecular formula is C29H37BrO6Si. The first kappa shape index (κ1) is 28.9. The molecule has 0 saturated carbocycles. The molecule has 0 unspecified atom stereocenters. The highest BCUT2D eigenvalue weighted by Gasteiger charge is 2.39. The first-order valence-electron chi connectivity index (χ1n) is 12.1. The molecule has 0 aliphatic heterocycles. The number of hydrogen-bond acceptors (Lipinski definition) is 6. The topological polar surface area (TPSA) is 55.4 Å². The Kier molecular flexibility index (Phi) is 9.55. The minimum Gasteiger partial charge on any atom is -0.541 e. The van der Waals surface area contributed by atoms with E-state index < -0.39 is 8.32 Å². The molecule has 8 heteroatoms. The molecule has 0 heterocycles. The third-order valence-corrected chi connectivity index (χ3v) is 11.5. The zero-order valence-corrected chi connectivity index (χ0v) is 25.5. The van der Waals surface area contributed by atoms with E-state index in [-0.39, 0.29) is 11.8 Å². The van der Waals surface area contributed by atoms with Crippen molar-refractivity contribution < 1.29 is 28.1 Å². The van der Waals surface area contributed by atoms with Crippen molar-refractivity contribution in [3.8, 4) is 39.9 Å². The fourth-order valence-electron chi connectivity index (χ4n) is 3.49. The molecule has 200 valence electrons. The average Bonchev–Trinajstić information content (AvgIpc) is 2.86. The Morgan fingerprint density at radius 1 is 0.784 bits per heavy atom. The summed E-state index contributed by atoms with van der Waals surface area (Å²) in [7, 11) is 2.61. The molecule has 0 aliphatic rings. The molecule has 37 heavy (non-hydrogen) atoms. The van der Waals surface area contributed by atoms with Crippen molar-refractivity contribution in [1.29, 1.82) is 0 Å². The SMILES string of the molecule is COCOc1c(OC)c(Br)cc(OC)c1-c1ccc(OCc2ccccc2)c(O[Si](C)(C)C(C)(C)C)c1. The number of ether oxygens (including phenoxy) is 5. The summed E-state index contributed by atoms with van der Waals surface area (Å²) in [5, 5.41) is 0.00492. The Labute approximate surface area is 230 Å². The van der Waals surface area contributed by atoms with E-state index in [0.29, 0.717) is 39.8 Å². The van der Waals surface area contributed by atoms with Gasteiger partial charge < -0.3 is 28.1 Å². The van der Waals surface area contributed by atoms with E-state index in [0.717, 1.165) is 16.7 Å². The quantitative estimate of drug-likeness (QED) is 0.167. The largest absolute Gasteiger partial charge is 0.541 e. The number of hydrogen-bond donors (Lipinski definition) is 0. The molecule has 0 saturated heterocycles. The molecule has 0 fully saturated rings. The van der Waals surface area contributed by atoms with Crippen LogP contribution in [0, 0.1) is 0 Å². The van der Waals surface area contributed by atoms with Gasteiger partial charge in [0, 0.05) is 7.11 Å². The maximum Gasteiger partial charge on any atom is 0.250 e. The van der Waals surface area contributed by atoms with Gasteiger partial charge in [0.1, 0.15) is 18.1 Å². The summed E-state index contributed by atoms with van der Waals surface area (Å²) in [6.07, 6.45) is 0. The Morgan fingerprint density at radius 3 is 2.08 bits per heavy atom. The van der Waals surface area contributed by atoms with Crippen LogP contribution in [-0.2, 0) is 11.3 Å². The maximum absolute atomic E-state index is 6.79. The van der Waals surface area contributed by atoms with Crippen molar-refractivity contribution in [1.82, 2.24) is 0 Å². The normalized spacial score (nSPS) is 11.7. The Bertz CT molecular complexity index is 1190. The molecule has 3 aromatic rings. The number of methoxy groups -OCH3 is 3. The van der Waals surface area contributed by atoms with Gasteiger partial charge in [-0.05, 0) is 63.4 Å². The van der Waals surface area contributed by atoms with Crippen LogP contribution in [0.15, 0.2) is 59.1 Å². The lowest BCUT2D eigenvalue weighted by Gasteiger charge is -2.37. The van der Waals surface area contributed by atoms with Gasteiger partial charge in [0.05, 0.1) is 24.3 Å². The van der Waals surface area contributed by atoms with Gasteiger partial charge in [-0.15, -0.1) is 0 Å². The summed E-state index contributed by atoms with van der Waals surface area (Å²) in [6.45, 7) is 11.6. The van der Waals surface area contributed by atoms with Crippen LogP contribution < -0.4 is 23.4 Å². The minimum absolute atomic E-state index is 0.00492. The van der Waals surface area contributed by atoms with Gasteiger partial charge in [-0.2, -0.15) is 0 Å². The molecule has 0 atom stereocenters. The van der Waals surface area contributed by atoms with Crippen LogP contribution in [0.3, 0.4) is 0 Å². The first-order chi connectivity index (χ1) is 17.5. The molecule has 0 N–H and O–H groups in total. The van der Waals surface area contributed by atoms with Crippen LogP contribution in [0.1, 0.15) is 26.3 Å². The summed E-state index contributed by atoms with van der Waals surface area (Å²) in [4.78, 5) is 0. The summed E-state index contributed by atoms with van der Waals surface area (Å²) >= 11 is 3.56. The second-order valence-electron chi connectivity index (χ2n) is 10.1. The molecule has 0 radical (unpaired) electrons. The van der Waals surface area contributed by atoms with Crippen molar-refractivity contribution in [2.45, 2.75) is 45.5 Å². The van der Waals surface area contributed by atoms with Gasteiger partial charge in [-0.25, -0.2) is 0 Å². The first-order valence-corrected chi connectivity index (χ1v) is 15.8. The Hall–Kier alpha value is -2.68. The highest BCUT2D eigenvalue weighted by molar-refractivity contribution is 9.10. The predicted octanol–water partition coefficient (Wildman–Crippen LogP) is 8.08. The van der Waals surface area contributed by atoms with Crippen LogP contribution in [-0.4, -0.2) is 36.4 Å². The summed E-state index contributed by atoms with van der Waals surface area (Å²) in [5.74, 6) is 3.03. The van der Waals surface area contributed by atoms with Gasteiger partial charge in [-0.3, -0.25) is 0 Å². The third kappa shape index (κ3) is 6.80. The predicted molar refractivity (Wildman–Crippen MR) is 154 cm³/mol. The second kappa shape index (κ2) is 12.2. The fourth-order valence-corrected chi connectivity index (χ4v) is 5.06. The van der Waals surface area contributed by atoms with Gasteiger partial charge in [0.15, 0.2) is 24.0 Å². The number of halogens is 1. The van der Waals surface area contributed by atoms with Crippen molar-refractivity contribution in [2.24, 2.45) is 0 Å². The van der Waals surface area contributed by atoms with Crippen molar-refractivity contribution in [3.05, 3.63) is 64.6 Å². The monoisotopic (exact) mass is 588 g/mol. The number of rotatable bonds is 11. The maximum atomic E-state index is 6.79. The molecule has 0 spiro atoms. The molecule has 0 aliphatic carbocycles. The van der Waals surface area contributed by atoms with E-state index >= 15 is 0 Å². The molecule has 3 aromatic carbocycles. The summed E-state index contributed by atoms with van der Waals surface area (Å²) in [6, 6.07) is 17.9. The fraction of sp³-hybridized carbons (Fsp3) is 0.379. The van der Waals surface area contributed by atoms with Crippen LogP contribution in [0.4, 0.5) is 0 Å². The standard InChI is InChI=1S/C29H37BrO6Si/c1-29(2,3)37(7,8)36-24-16-21(14-15-23(24)34-18-20-12-10-9-11-13-20)26-25(32-5)17-22(30)27(33-6)28(26)35-19-31-4/h9-17H,18-19H2,1-8H3. The molecular weight excluding hydrogens is 552 g/mol. The van der Waals surface area contributed by atoms with Crippen molar-refractivity contribution in [3.63, 3.8) is 0 Å². The van der Waals surface area contributed by atoms with E-state index in [4.69, 9.17) is 28.1 Å². The molecule has 3 rings (SSSR count). The van der Waals surface area contributed by atoms with Gasteiger partial charge in [0.25, 0.3) is 8.32 Å². The van der Waals surface area contributed by atoms with Crippen LogP contribution in [0.25, 0.3) is 11.1 Å². The number of benzene rings is 3. The van der Waals surface area contributed by atoms with Crippen LogP contribution in [0.2, 0.25) is 18.1 Å². The molecule has 0 amide bonds. The lowest BCUT2D eigenvalue weighted by atomic mass is 10.0. The van der Waals surface area contributed by atoms with Crippen molar-refractivity contribution >= 4 is 24.2 Å². The van der Waals surface area contributed by atoms with Gasteiger partial charge in [-0.1, -0.05) is 57.2 Å². The van der Waals surface area contributed by atoms with E-state index in [1.54, 1.807) is 21.3 Å². The lowest BCUT2D eigenvalue weighted by molar-refractivity contribution is 0.0494. The lowest BCUT2D eigenvalue weighted by Crippen LogP contribution is -2.43. The third-order valence-electron chi connectivity index (χ3n) is 6.54. The highest BCUT2D eigenvalue weighted by atomic mass is 79.9. The zero-order valence-electron chi connectivity index (χ0n) is 22.9. The second-order valence-corrected chi connectivity index (χ2v) is 15.7. The van der Waals surface area contributed by atoms with E-state index in [1.165, 1.54) is 0 Å². The van der Waals surface area contributed by atoms with E-state index in [9.17, 15) is 0 Å². The molecule has 0 aromatic heterocycles. The summed E-state index contributed by atoms with van der Waals surface area (Å²) in [5.41, 5.74) is 2.66. The Morgan fingerprint density at radius 2 is 1.49 bits per heavy atom. The van der Waals surface area contributed by atoms with E-state index in [2.05, 4.69) is 49.8 Å². The van der Waals surface area contributed by atoms with Gasteiger partial charge in [0.2, 0.25) is 0 Å². The van der Waals surface area contributed by atoms with E-state index in [1.807, 2.05) is 54.6 Å². The zero-order chi connectivity index (χ0) is 27.2. The van der Waals surface area contributed by atoms with Crippen LogP contribution >= 0.6 is 15.9 Å². The minimum atomic E-state index is -2.19. The van der Waals surface area contributed by atoms with Crippen molar-refractivity contribution in [2.75, 3.05) is 28.1 Å². The van der Waals surface area contributed by atoms with Gasteiger partial charge >= 0.3 is 0 Å². The Balaban J connectivity index is 2.16.